The molecule has 2 amide bonds. The highest BCUT2D eigenvalue weighted by Crippen LogP contribution is 2.32. The highest BCUT2D eigenvalue weighted by Gasteiger charge is 2.16. The molecule has 0 aliphatic carbocycles. The number of benzene rings is 2. The largest absolute Gasteiger partial charge is 0.459 e. The van der Waals surface area contributed by atoms with Gasteiger partial charge in [0.25, 0.3) is 11.8 Å². The fraction of sp³-hybridized carbons (Fsp3) is 0.0952. The summed E-state index contributed by atoms with van der Waals surface area (Å²) in [6.45, 7) is 1.92. The number of carbonyl (C=O) groups excluding carboxylic acids is 2. The van der Waals surface area contributed by atoms with E-state index >= 15 is 0 Å². The zero-order chi connectivity index (χ0) is 20.2. The number of ether oxygens (including phenoxy) is 2. The van der Waals surface area contributed by atoms with Crippen LogP contribution in [0.3, 0.4) is 0 Å². The van der Waals surface area contributed by atoms with Gasteiger partial charge < -0.3 is 19.2 Å². The number of amides is 2. The summed E-state index contributed by atoms with van der Waals surface area (Å²) in [7, 11) is 0. The Kier molecular flexibility index (Phi) is 4.98. The molecule has 2 N–H and O–H groups in total. The zero-order valence-electron chi connectivity index (χ0n) is 15.5. The Morgan fingerprint density at radius 2 is 1.69 bits per heavy atom. The summed E-state index contributed by atoms with van der Waals surface area (Å²) in [5, 5.41) is 6.88. The van der Waals surface area contributed by atoms with E-state index in [1.165, 1.54) is 6.26 Å². The smallest absolute Gasteiger partial charge is 0.291 e. The lowest BCUT2D eigenvalue weighted by atomic mass is 10.1. The molecule has 2 aromatic carbocycles. The molecule has 2 heterocycles. The van der Waals surface area contributed by atoms with E-state index in [9.17, 15) is 9.59 Å². The Hall–Kier alpha value is -4.07. The van der Waals surface area contributed by atoms with Gasteiger partial charge in [0, 0.05) is 11.3 Å². The monoisotopic (exact) mass is 391 g/mol. The average molecular weight is 391 g/mol. The van der Waals surface area contributed by atoms with Crippen LogP contribution in [0.15, 0.2) is 70.4 Å². The van der Waals surface area contributed by atoms with Crippen molar-refractivity contribution in [2.75, 3.05) is 12.1 Å². The van der Waals surface area contributed by atoms with E-state index in [-0.39, 0.29) is 24.4 Å². The molecule has 0 radical (unpaired) electrons. The maximum atomic E-state index is 12.3. The first kappa shape index (κ1) is 18.3. The molecule has 0 saturated heterocycles. The standard InChI is InChI=1S/C21H17N3O5/c1-13(23-24-20(25)15-6-9-17-19(11-15)29-12-28-17)14-4-7-16(8-5-14)22-21(26)18-3-2-10-27-18/h2-11H,12H2,1H3,(H,22,26)(H,24,25). The van der Waals surface area contributed by atoms with E-state index in [0.717, 1.165) is 5.56 Å². The summed E-state index contributed by atoms with van der Waals surface area (Å²) in [5.74, 6) is 0.693. The van der Waals surface area contributed by atoms with Gasteiger partial charge in [0.05, 0.1) is 12.0 Å². The van der Waals surface area contributed by atoms with Crippen molar-refractivity contribution in [2.45, 2.75) is 6.92 Å². The lowest BCUT2D eigenvalue weighted by Gasteiger charge is -2.06. The molecule has 0 unspecified atom stereocenters. The van der Waals surface area contributed by atoms with Crippen molar-refractivity contribution >= 4 is 23.2 Å². The molecule has 0 saturated carbocycles. The summed E-state index contributed by atoms with van der Waals surface area (Å²) in [6, 6.07) is 15.3. The lowest BCUT2D eigenvalue weighted by Crippen LogP contribution is -2.19. The minimum Gasteiger partial charge on any atom is -0.459 e. The normalized spacial score (nSPS) is 12.5. The van der Waals surface area contributed by atoms with Crippen LogP contribution >= 0.6 is 0 Å². The van der Waals surface area contributed by atoms with Crippen molar-refractivity contribution < 1.29 is 23.5 Å². The van der Waals surface area contributed by atoms with Crippen LogP contribution < -0.4 is 20.2 Å². The quantitative estimate of drug-likeness (QED) is 0.513. The van der Waals surface area contributed by atoms with Crippen LogP contribution in [0.1, 0.15) is 33.4 Å². The van der Waals surface area contributed by atoms with Crippen LogP contribution in [0.25, 0.3) is 0 Å². The molecule has 0 atom stereocenters. The Labute approximate surface area is 166 Å². The van der Waals surface area contributed by atoms with Gasteiger partial charge in [0.2, 0.25) is 6.79 Å². The zero-order valence-corrected chi connectivity index (χ0v) is 15.5. The predicted octanol–water partition coefficient (Wildman–Crippen LogP) is 3.41. The molecule has 3 aromatic rings. The van der Waals surface area contributed by atoms with E-state index in [0.29, 0.717) is 28.5 Å². The van der Waals surface area contributed by atoms with Crippen molar-refractivity contribution in [2.24, 2.45) is 5.10 Å². The van der Waals surface area contributed by atoms with Gasteiger partial charge in [-0.1, -0.05) is 12.1 Å². The molecule has 0 spiro atoms. The van der Waals surface area contributed by atoms with E-state index < -0.39 is 0 Å². The fourth-order valence-electron chi connectivity index (χ4n) is 2.70. The van der Waals surface area contributed by atoms with Crippen molar-refractivity contribution in [1.29, 1.82) is 0 Å². The number of hydrogen-bond acceptors (Lipinski definition) is 6. The number of carbonyl (C=O) groups is 2. The van der Waals surface area contributed by atoms with Crippen molar-refractivity contribution in [3.63, 3.8) is 0 Å². The Bertz CT molecular complexity index is 1070. The summed E-state index contributed by atoms with van der Waals surface area (Å²) in [5.41, 5.74) is 4.97. The predicted molar refractivity (Wildman–Crippen MR) is 105 cm³/mol. The Morgan fingerprint density at radius 3 is 2.45 bits per heavy atom. The van der Waals surface area contributed by atoms with Crippen LogP contribution in [0.4, 0.5) is 5.69 Å². The van der Waals surface area contributed by atoms with Crippen LogP contribution in [-0.2, 0) is 0 Å². The second kappa shape index (κ2) is 7.89. The van der Waals surface area contributed by atoms with Gasteiger partial charge >= 0.3 is 0 Å². The van der Waals surface area contributed by atoms with E-state index in [2.05, 4.69) is 15.8 Å². The summed E-state index contributed by atoms with van der Waals surface area (Å²) < 4.78 is 15.6. The van der Waals surface area contributed by atoms with E-state index in [4.69, 9.17) is 13.9 Å². The molecule has 1 aromatic heterocycles. The minimum absolute atomic E-state index is 0.148. The number of rotatable bonds is 5. The topological polar surface area (TPSA) is 102 Å². The van der Waals surface area contributed by atoms with Crippen LogP contribution in [0.2, 0.25) is 0 Å². The van der Waals surface area contributed by atoms with Crippen LogP contribution in [-0.4, -0.2) is 24.3 Å². The fourth-order valence-corrected chi connectivity index (χ4v) is 2.70. The lowest BCUT2D eigenvalue weighted by molar-refractivity contribution is 0.0953. The van der Waals surface area contributed by atoms with E-state index in [1.54, 1.807) is 61.5 Å². The number of nitrogens with one attached hydrogen (secondary N) is 2. The minimum atomic E-state index is -0.356. The van der Waals surface area contributed by atoms with Gasteiger partial charge in [-0.3, -0.25) is 9.59 Å². The summed E-state index contributed by atoms with van der Waals surface area (Å²) >= 11 is 0. The van der Waals surface area contributed by atoms with Gasteiger partial charge in [-0.2, -0.15) is 5.10 Å². The molecule has 4 rings (SSSR count). The van der Waals surface area contributed by atoms with Gasteiger partial charge in [-0.25, -0.2) is 5.43 Å². The summed E-state index contributed by atoms with van der Waals surface area (Å²) in [4.78, 5) is 24.3. The first-order valence-electron chi connectivity index (χ1n) is 8.80. The first-order valence-corrected chi connectivity index (χ1v) is 8.80. The third-order valence-electron chi connectivity index (χ3n) is 4.27. The van der Waals surface area contributed by atoms with Gasteiger partial charge in [-0.15, -0.1) is 0 Å². The van der Waals surface area contributed by atoms with Gasteiger partial charge in [-0.05, 0) is 55.0 Å². The Balaban J connectivity index is 1.38. The third-order valence-corrected chi connectivity index (χ3v) is 4.27. The first-order chi connectivity index (χ1) is 14.1. The molecule has 1 aliphatic heterocycles. The molecule has 146 valence electrons. The van der Waals surface area contributed by atoms with Crippen molar-refractivity contribution in [3.05, 3.63) is 77.7 Å². The highest BCUT2D eigenvalue weighted by molar-refractivity contribution is 6.03. The van der Waals surface area contributed by atoms with Crippen molar-refractivity contribution in [1.82, 2.24) is 5.43 Å². The van der Waals surface area contributed by atoms with Crippen LogP contribution in [0, 0.1) is 0 Å². The number of hydrazone groups is 1. The Morgan fingerprint density at radius 1 is 0.931 bits per heavy atom. The second-order valence-electron chi connectivity index (χ2n) is 6.21. The number of furan rings is 1. The molecule has 8 heteroatoms. The van der Waals surface area contributed by atoms with E-state index in [1.807, 2.05) is 0 Å². The number of fused-ring (bicyclic) bond motifs is 1. The molecular formula is C21H17N3O5. The molecule has 1 aliphatic rings. The third kappa shape index (κ3) is 4.11. The molecule has 0 bridgehead atoms. The molecule has 0 fully saturated rings. The molecular weight excluding hydrogens is 374 g/mol. The van der Waals surface area contributed by atoms with Crippen molar-refractivity contribution in [3.8, 4) is 11.5 Å². The van der Waals surface area contributed by atoms with Gasteiger partial charge in [0.15, 0.2) is 17.3 Å². The second-order valence-corrected chi connectivity index (χ2v) is 6.21. The highest BCUT2D eigenvalue weighted by atomic mass is 16.7. The SMILES string of the molecule is CC(=NNC(=O)c1ccc2c(c1)OCO2)c1ccc(NC(=O)c2ccco2)cc1. The maximum Gasteiger partial charge on any atom is 0.291 e. The average Bonchev–Trinajstić information content (AvgIpc) is 3.43. The maximum absolute atomic E-state index is 12.3. The molecule has 8 nitrogen and oxygen atoms in total. The molecule has 29 heavy (non-hydrogen) atoms. The number of nitrogens with zero attached hydrogens (tertiary/aromatic N) is 1. The number of anilines is 1. The van der Waals surface area contributed by atoms with Crippen LogP contribution in [0.5, 0.6) is 11.5 Å². The number of hydrogen-bond donors (Lipinski definition) is 2. The van der Waals surface area contributed by atoms with Gasteiger partial charge in [0.1, 0.15) is 0 Å². The summed E-state index contributed by atoms with van der Waals surface area (Å²) in [6.07, 6.45) is 1.44.